The summed E-state index contributed by atoms with van der Waals surface area (Å²) >= 11 is 1.67. The zero-order valence-corrected chi connectivity index (χ0v) is 22.1. The number of aromatic nitrogens is 1. The van der Waals surface area contributed by atoms with Crippen molar-refractivity contribution in [1.29, 1.82) is 0 Å². The summed E-state index contributed by atoms with van der Waals surface area (Å²) in [6.45, 7) is 5.71. The molecule has 2 aromatic heterocycles. The van der Waals surface area contributed by atoms with Crippen LogP contribution < -0.4 is 15.0 Å². The summed E-state index contributed by atoms with van der Waals surface area (Å²) in [5.41, 5.74) is 2.98. The molecule has 6 nitrogen and oxygen atoms in total. The van der Waals surface area contributed by atoms with Gasteiger partial charge < -0.3 is 15.0 Å². The van der Waals surface area contributed by atoms with E-state index in [1.807, 2.05) is 60.8 Å². The number of pyridine rings is 1. The van der Waals surface area contributed by atoms with Crippen molar-refractivity contribution in [2.45, 2.75) is 19.4 Å². The number of thiophene rings is 1. The summed E-state index contributed by atoms with van der Waals surface area (Å²) in [5, 5.41) is 4.15. The molecule has 0 radical (unpaired) electrons. The first kappa shape index (κ1) is 25.0. The van der Waals surface area contributed by atoms with Gasteiger partial charge in [-0.1, -0.05) is 43.3 Å². The minimum atomic E-state index is -0.0835. The Morgan fingerprint density at radius 2 is 1.73 bits per heavy atom. The number of carbonyl (C=O) groups is 1. The van der Waals surface area contributed by atoms with Crippen LogP contribution in [0.5, 0.6) is 5.75 Å². The number of piperazine rings is 1. The Morgan fingerprint density at radius 3 is 2.38 bits per heavy atom. The number of anilines is 2. The molecule has 1 amide bonds. The lowest BCUT2D eigenvalue weighted by Gasteiger charge is -2.40. The summed E-state index contributed by atoms with van der Waals surface area (Å²) in [6.07, 6.45) is 2.77. The number of rotatable bonds is 8. The molecule has 0 aliphatic carbocycles. The van der Waals surface area contributed by atoms with E-state index in [2.05, 4.69) is 51.3 Å². The maximum atomic E-state index is 13.1. The third-order valence-electron chi connectivity index (χ3n) is 6.80. The van der Waals surface area contributed by atoms with Crippen molar-refractivity contribution in [3.8, 4) is 5.75 Å². The van der Waals surface area contributed by atoms with Crippen molar-refractivity contribution >= 4 is 28.1 Å². The molecule has 5 rings (SSSR count). The summed E-state index contributed by atoms with van der Waals surface area (Å²) in [5.74, 6) is 1.77. The number of ether oxygens (including phenoxy) is 1. The van der Waals surface area contributed by atoms with Gasteiger partial charge in [-0.25, -0.2) is 4.98 Å². The first-order valence-corrected chi connectivity index (χ1v) is 13.5. The number of aryl methyl sites for hydroxylation is 1. The fraction of sp³-hybridized carbons (Fsp3) is 0.267. The highest BCUT2D eigenvalue weighted by molar-refractivity contribution is 7.16. The molecule has 1 fully saturated rings. The third kappa shape index (κ3) is 5.68. The standard InChI is InChI=1S/C30H32N4O2S/c1-3-25-21-26(30(37-25)32-29(35)23-9-5-4-6-10-23)28(22-12-14-24(36-2)15-13-22)34-19-17-33(18-20-34)27-11-7-8-16-31-27/h4-16,21,28H,3,17-20H2,1-2H3,(H,32,35)/t28-/m1/s1. The van der Waals surface area contributed by atoms with Crippen LogP contribution in [-0.2, 0) is 6.42 Å². The SMILES string of the molecule is CCc1cc([C@@H](c2ccc(OC)cc2)N2CCN(c3ccccn3)CC2)c(NC(=O)c2ccccc2)s1. The van der Waals surface area contributed by atoms with Gasteiger partial charge in [0.2, 0.25) is 0 Å². The number of amides is 1. The minimum Gasteiger partial charge on any atom is -0.497 e. The number of hydrogen-bond donors (Lipinski definition) is 1. The second kappa shape index (κ2) is 11.6. The lowest BCUT2D eigenvalue weighted by atomic mass is 9.97. The quantitative estimate of drug-likeness (QED) is 0.320. The minimum absolute atomic E-state index is 0.0133. The van der Waals surface area contributed by atoms with E-state index in [-0.39, 0.29) is 11.9 Å². The number of carbonyl (C=O) groups excluding carboxylic acids is 1. The van der Waals surface area contributed by atoms with Crippen LogP contribution in [0.2, 0.25) is 0 Å². The maximum absolute atomic E-state index is 13.1. The second-order valence-electron chi connectivity index (χ2n) is 9.06. The Bertz CT molecular complexity index is 1300. The van der Waals surface area contributed by atoms with Crippen LogP contribution in [0.4, 0.5) is 10.8 Å². The van der Waals surface area contributed by atoms with Gasteiger partial charge in [-0.2, -0.15) is 0 Å². The zero-order chi connectivity index (χ0) is 25.6. The van der Waals surface area contributed by atoms with Crippen LogP contribution in [0.1, 0.15) is 39.3 Å². The Balaban J connectivity index is 1.47. The lowest BCUT2D eigenvalue weighted by molar-refractivity contribution is 0.102. The highest BCUT2D eigenvalue weighted by Gasteiger charge is 2.30. The first-order valence-electron chi connectivity index (χ1n) is 12.7. The topological polar surface area (TPSA) is 57.7 Å². The Kier molecular flexibility index (Phi) is 7.82. The molecule has 1 aliphatic rings. The van der Waals surface area contributed by atoms with Gasteiger partial charge >= 0.3 is 0 Å². The molecule has 0 spiro atoms. The molecule has 1 saturated heterocycles. The lowest BCUT2D eigenvalue weighted by Crippen LogP contribution is -2.48. The van der Waals surface area contributed by atoms with Gasteiger partial charge in [0.25, 0.3) is 5.91 Å². The first-order chi connectivity index (χ1) is 18.2. The van der Waals surface area contributed by atoms with E-state index in [4.69, 9.17) is 4.74 Å². The van der Waals surface area contributed by atoms with Crippen molar-refractivity contribution in [1.82, 2.24) is 9.88 Å². The van der Waals surface area contributed by atoms with E-state index in [0.29, 0.717) is 5.56 Å². The van der Waals surface area contributed by atoms with Crippen LogP contribution in [0.25, 0.3) is 0 Å². The molecule has 1 N–H and O–H groups in total. The smallest absolute Gasteiger partial charge is 0.256 e. The Morgan fingerprint density at radius 1 is 1.00 bits per heavy atom. The predicted molar refractivity (Wildman–Crippen MR) is 151 cm³/mol. The largest absolute Gasteiger partial charge is 0.497 e. The third-order valence-corrected chi connectivity index (χ3v) is 8.01. The molecule has 1 aliphatic heterocycles. The average Bonchev–Trinajstić information content (AvgIpc) is 3.37. The molecule has 37 heavy (non-hydrogen) atoms. The van der Waals surface area contributed by atoms with Gasteiger partial charge in [0, 0.05) is 48.4 Å². The van der Waals surface area contributed by atoms with E-state index in [0.717, 1.165) is 54.7 Å². The molecule has 2 aromatic carbocycles. The summed E-state index contributed by atoms with van der Waals surface area (Å²) in [6, 6.07) is 26.1. The number of nitrogens with zero attached hydrogens (tertiary/aromatic N) is 3. The fourth-order valence-corrected chi connectivity index (χ4v) is 5.85. The molecule has 4 aromatic rings. The van der Waals surface area contributed by atoms with Crippen LogP contribution in [0.3, 0.4) is 0 Å². The fourth-order valence-electron chi connectivity index (χ4n) is 4.82. The molecule has 3 heterocycles. The zero-order valence-electron chi connectivity index (χ0n) is 21.3. The molecular formula is C30H32N4O2S. The van der Waals surface area contributed by atoms with Crippen molar-refractivity contribution < 1.29 is 9.53 Å². The van der Waals surface area contributed by atoms with Crippen molar-refractivity contribution in [2.75, 3.05) is 43.5 Å². The van der Waals surface area contributed by atoms with E-state index in [9.17, 15) is 4.79 Å². The van der Waals surface area contributed by atoms with Crippen molar-refractivity contribution in [2.24, 2.45) is 0 Å². The average molecular weight is 513 g/mol. The van der Waals surface area contributed by atoms with Crippen molar-refractivity contribution in [3.05, 3.63) is 107 Å². The monoisotopic (exact) mass is 512 g/mol. The van der Waals surface area contributed by atoms with E-state index < -0.39 is 0 Å². The molecule has 190 valence electrons. The van der Waals surface area contributed by atoms with Crippen molar-refractivity contribution in [3.63, 3.8) is 0 Å². The Labute approximate surface area is 222 Å². The molecular weight excluding hydrogens is 480 g/mol. The normalized spacial score (nSPS) is 14.8. The Hall–Kier alpha value is -3.68. The van der Waals surface area contributed by atoms with E-state index in [1.54, 1.807) is 18.4 Å². The van der Waals surface area contributed by atoms with Gasteiger partial charge in [0.05, 0.1) is 13.2 Å². The van der Waals surface area contributed by atoms with Crippen LogP contribution >= 0.6 is 11.3 Å². The van der Waals surface area contributed by atoms with Gasteiger partial charge in [0.1, 0.15) is 16.6 Å². The maximum Gasteiger partial charge on any atom is 0.256 e. The highest BCUT2D eigenvalue weighted by atomic mass is 32.1. The summed E-state index contributed by atoms with van der Waals surface area (Å²) in [4.78, 5) is 23.8. The number of hydrogen-bond acceptors (Lipinski definition) is 6. The second-order valence-corrected chi connectivity index (χ2v) is 10.2. The molecule has 7 heteroatoms. The summed E-state index contributed by atoms with van der Waals surface area (Å²) in [7, 11) is 1.69. The summed E-state index contributed by atoms with van der Waals surface area (Å²) < 4.78 is 5.43. The number of benzene rings is 2. The van der Waals surface area contributed by atoms with Crippen LogP contribution in [0.15, 0.2) is 85.1 Å². The highest BCUT2D eigenvalue weighted by Crippen LogP contribution is 2.40. The molecule has 0 saturated carbocycles. The van der Waals surface area contributed by atoms with E-state index >= 15 is 0 Å². The van der Waals surface area contributed by atoms with Crippen LogP contribution in [0, 0.1) is 0 Å². The van der Waals surface area contributed by atoms with Gasteiger partial charge in [-0.05, 0) is 54.4 Å². The van der Waals surface area contributed by atoms with Gasteiger partial charge in [-0.15, -0.1) is 11.3 Å². The van der Waals surface area contributed by atoms with E-state index in [1.165, 1.54) is 10.4 Å². The number of methoxy groups -OCH3 is 1. The molecule has 1 atom stereocenters. The molecule has 0 unspecified atom stereocenters. The van der Waals surface area contributed by atoms with Gasteiger partial charge in [0.15, 0.2) is 0 Å². The molecule has 0 bridgehead atoms. The number of nitrogens with one attached hydrogen (secondary N) is 1. The van der Waals surface area contributed by atoms with Crippen LogP contribution in [-0.4, -0.2) is 49.1 Å². The van der Waals surface area contributed by atoms with Gasteiger partial charge in [-0.3, -0.25) is 9.69 Å². The predicted octanol–water partition coefficient (Wildman–Crippen LogP) is 5.88.